The van der Waals surface area contributed by atoms with E-state index in [1.165, 1.54) is 0 Å². The minimum absolute atomic E-state index is 0.469. The van der Waals surface area contributed by atoms with Gasteiger partial charge in [0.15, 0.2) is 5.76 Å². The molecular formula is C12H18N2O. The number of furan rings is 1. The molecule has 0 aromatic carbocycles. The van der Waals surface area contributed by atoms with Crippen LogP contribution in [-0.4, -0.2) is 10.2 Å². The van der Waals surface area contributed by atoms with Crippen LogP contribution in [0.5, 0.6) is 0 Å². The Balaban J connectivity index is 0.000000531. The lowest BCUT2D eigenvalue weighted by molar-refractivity contribution is 0.580. The predicted octanol–water partition coefficient (Wildman–Crippen LogP) is 3.82. The highest BCUT2D eigenvalue weighted by molar-refractivity contribution is 5.51. The fourth-order valence-corrected chi connectivity index (χ4v) is 1.18. The summed E-state index contributed by atoms with van der Waals surface area (Å²) in [5.41, 5.74) is 2.00. The molecule has 3 nitrogen and oxygen atoms in total. The van der Waals surface area contributed by atoms with Gasteiger partial charge in [-0.15, -0.1) is 0 Å². The van der Waals surface area contributed by atoms with Gasteiger partial charge in [0.25, 0.3) is 0 Å². The van der Waals surface area contributed by atoms with Crippen molar-refractivity contribution in [2.75, 3.05) is 0 Å². The quantitative estimate of drug-likeness (QED) is 0.811. The minimum atomic E-state index is 0.469. The van der Waals surface area contributed by atoms with Gasteiger partial charge in [0, 0.05) is 5.69 Å². The third-order valence-electron chi connectivity index (χ3n) is 1.99. The van der Waals surface area contributed by atoms with Gasteiger partial charge >= 0.3 is 0 Å². The zero-order valence-corrected chi connectivity index (χ0v) is 9.74. The average Bonchev–Trinajstić information content (AvgIpc) is 2.91. The summed E-state index contributed by atoms with van der Waals surface area (Å²) < 4.78 is 5.23. The molecule has 0 fully saturated rings. The van der Waals surface area contributed by atoms with Gasteiger partial charge < -0.3 is 4.42 Å². The van der Waals surface area contributed by atoms with E-state index in [4.69, 9.17) is 4.42 Å². The van der Waals surface area contributed by atoms with Crippen LogP contribution in [0.4, 0.5) is 0 Å². The van der Waals surface area contributed by atoms with Crippen LogP contribution in [0.15, 0.2) is 28.9 Å². The normalized spacial score (nSPS) is 9.93. The lowest BCUT2D eigenvalue weighted by Crippen LogP contribution is -1.85. The minimum Gasteiger partial charge on any atom is -0.463 e. The maximum absolute atomic E-state index is 5.23. The van der Waals surface area contributed by atoms with Crippen LogP contribution in [0.2, 0.25) is 0 Å². The fraction of sp³-hybridized carbons (Fsp3) is 0.417. The third kappa shape index (κ3) is 2.72. The molecule has 0 saturated heterocycles. The zero-order valence-electron chi connectivity index (χ0n) is 9.74. The van der Waals surface area contributed by atoms with Gasteiger partial charge in [0.1, 0.15) is 5.69 Å². The lowest BCUT2D eigenvalue weighted by atomic mass is 10.1. The summed E-state index contributed by atoms with van der Waals surface area (Å²) in [5, 5.41) is 7.14. The van der Waals surface area contributed by atoms with E-state index in [0.717, 1.165) is 17.1 Å². The highest BCUT2D eigenvalue weighted by Crippen LogP contribution is 2.20. The monoisotopic (exact) mass is 206 g/mol. The molecule has 0 amide bonds. The van der Waals surface area contributed by atoms with Gasteiger partial charge in [-0.1, -0.05) is 27.7 Å². The Labute approximate surface area is 90.5 Å². The second-order valence-corrected chi connectivity index (χ2v) is 3.34. The number of nitrogens with one attached hydrogen (secondary N) is 1. The van der Waals surface area contributed by atoms with E-state index in [9.17, 15) is 0 Å². The van der Waals surface area contributed by atoms with E-state index in [2.05, 4.69) is 24.0 Å². The maximum Gasteiger partial charge on any atom is 0.154 e. The highest BCUT2D eigenvalue weighted by Gasteiger charge is 2.07. The Hall–Kier alpha value is -1.51. The molecule has 3 heteroatoms. The number of hydrogen-bond acceptors (Lipinski definition) is 2. The van der Waals surface area contributed by atoms with Gasteiger partial charge in [-0.2, -0.15) is 5.10 Å². The summed E-state index contributed by atoms with van der Waals surface area (Å²) in [7, 11) is 0. The second kappa shape index (κ2) is 5.39. The van der Waals surface area contributed by atoms with Crippen LogP contribution in [0.1, 0.15) is 39.3 Å². The van der Waals surface area contributed by atoms with Crippen molar-refractivity contribution in [2.45, 2.75) is 33.6 Å². The van der Waals surface area contributed by atoms with E-state index in [1.54, 1.807) is 6.26 Å². The van der Waals surface area contributed by atoms with Crippen molar-refractivity contribution in [1.29, 1.82) is 0 Å². The Kier molecular flexibility index (Phi) is 4.16. The molecule has 2 rings (SSSR count). The van der Waals surface area contributed by atoms with Crippen molar-refractivity contribution in [2.24, 2.45) is 0 Å². The van der Waals surface area contributed by atoms with Gasteiger partial charge in [-0.3, -0.25) is 5.10 Å². The van der Waals surface area contributed by atoms with Gasteiger partial charge in [0.05, 0.1) is 6.26 Å². The number of aromatic amines is 1. The fourth-order valence-electron chi connectivity index (χ4n) is 1.18. The molecule has 2 aromatic heterocycles. The van der Waals surface area contributed by atoms with Gasteiger partial charge in [-0.25, -0.2) is 0 Å². The first kappa shape index (κ1) is 11.6. The molecule has 0 aliphatic rings. The SMILES string of the molecule is CC.CC(C)c1cc(-c2ccco2)n[nH]1. The highest BCUT2D eigenvalue weighted by atomic mass is 16.3. The predicted molar refractivity (Wildman–Crippen MR) is 61.7 cm³/mol. The molecular weight excluding hydrogens is 188 g/mol. The summed E-state index contributed by atoms with van der Waals surface area (Å²) in [6, 6.07) is 5.78. The van der Waals surface area contributed by atoms with E-state index in [1.807, 2.05) is 32.0 Å². The van der Waals surface area contributed by atoms with Crippen LogP contribution in [0, 0.1) is 0 Å². The van der Waals surface area contributed by atoms with Crippen LogP contribution in [0.25, 0.3) is 11.5 Å². The maximum atomic E-state index is 5.23. The molecule has 1 N–H and O–H groups in total. The third-order valence-corrected chi connectivity index (χ3v) is 1.99. The summed E-state index contributed by atoms with van der Waals surface area (Å²) >= 11 is 0. The molecule has 0 atom stereocenters. The van der Waals surface area contributed by atoms with E-state index in [0.29, 0.717) is 5.92 Å². The molecule has 2 aromatic rings. The Bertz CT molecular complexity index is 374. The van der Waals surface area contributed by atoms with Crippen molar-refractivity contribution in [3.05, 3.63) is 30.2 Å². The first-order valence-electron chi connectivity index (χ1n) is 5.36. The molecule has 15 heavy (non-hydrogen) atoms. The molecule has 0 unspecified atom stereocenters. The van der Waals surface area contributed by atoms with Gasteiger partial charge in [0.2, 0.25) is 0 Å². The standard InChI is InChI=1S/C10H12N2O.C2H6/c1-7(2)8-6-9(12-11-8)10-4-3-5-13-10;1-2/h3-7H,1-2H3,(H,11,12);1-2H3. The number of H-pyrrole nitrogens is 1. The van der Waals surface area contributed by atoms with Gasteiger partial charge in [-0.05, 0) is 24.1 Å². The largest absolute Gasteiger partial charge is 0.463 e. The number of nitrogens with zero attached hydrogens (tertiary/aromatic N) is 1. The van der Waals surface area contributed by atoms with Crippen molar-refractivity contribution in [1.82, 2.24) is 10.2 Å². The van der Waals surface area contributed by atoms with Crippen LogP contribution in [0.3, 0.4) is 0 Å². The van der Waals surface area contributed by atoms with Crippen LogP contribution >= 0.6 is 0 Å². The first-order chi connectivity index (χ1) is 7.27. The lowest BCUT2D eigenvalue weighted by Gasteiger charge is -1.96. The topological polar surface area (TPSA) is 41.8 Å². The summed E-state index contributed by atoms with van der Waals surface area (Å²) in [4.78, 5) is 0. The average molecular weight is 206 g/mol. The zero-order chi connectivity index (χ0) is 11.3. The molecule has 0 spiro atoms. The van der Waals surface area contributed by atoms with Crippen LogP contribution < -0.4 is 0 Å². The number of hydrogen-bond donors (Lipinski definition) is 1. The molecule has 2 heterocycles. The van der Waals surface area contributed by atoms with E-state index >= 15 is 0 Å². The van der Waals surface area contributed by atoms with Crippen molar-refractivity contribution in [3.8, 4) is 11.5 Å². The summed E-state index contributed by atoms with van der Waals surface area (Å²) in [6.45, 7) is 8.25. The van der Waals surface area contributed by atoms with E-state index < -0.39 is 0 Å². The molecule has 82 valence electrons. The Morgan fingerprint density at radius 1 is 1.33 bits per heavy atom. The Morgan fingerprint density at radius 2 is 2.07 bits per heavy atom. The van der Waals surface area contributed by atoms with Crippen molar-refractivity contribution < 1.29 is 4.42 Å². The van der Waals surface area contributed by atoms with Crippen molar-refractivity contribution in [3.63, 3.8) is 0 Å². The Morgan fingerprint density at radius 3 is 2.53 bits per heavy atom. The molecule has 0 saturated carbocycles. The number of rotatable bonds is 2. The smallest absolute Gasteiger partial charge is 0.154 e. The van der Waals surface area contributed by atoms with Crippen molar-refractivity contribution >= 4 is 0 Å². The first-order valence-corrected chi connectivity index (χ1v) is 5.36. The number of aromatic nitrogens is 2. The summed E-state index contributed by atoms with van der Waals surface area (Å²) in [5.74, 6) is 1.28. The second-order valence-electron chi connectivity index (χ2n) is 3.34. The molecule has 0 radical (unpaired) electrons. The molecule has 0 aliphatic carbocycles. The van der Waals surface area contributed by atoms with E-state index in [-0.39, 0.29) is 0 Å². The molecule has 0 bridgehead atoms. The molecule has 0 aliphatic heterocycles. The summed E-state index contributed by atoms with van der Waals surface area (Å²) in [6.07, 6.45) is 1.65. The van der Waals surface area contributed by atoms with Crippen LogP contribution in [-0.2, 0) is 0 Å².